The lowest BCUT2D eigenvalue weighted by molar-refractivity contribution is 0.0550. The maximum atomic E-state index is 12.5. The fraction of sp³-hybridized carbons (Fsp3) is 0.438. The minimum absolute atomic E-state index is 0.0287. The Morgan fingerprint density at radius 2 is 2.22 bits per heavy atom. The minimum Gasteiger partial charge on any atom is -0.392 e. The SMILES string of the molecule is CN(C[C@H]1OCC[C@H]1c1ncn[nH]1)C(=O)c1ccc(CO)cc1. The second-order valence-electron chi connectivity index (χ2n) is 5.72. The summed E-state index contributed by atoms with van der Waals surface area (Å²) < 4.78 is 5.77. The Balaban J connectivity index is 1.65. The zero-order valence-corrected chi connectivity index (χ0v) is 13.0. The summed E-state index contributed by atoms with van der Waals surface area (Å²) >= 11 is 0. The quantitative estimate of drug-likeness (QED) is 0.856. The van der Waals surface area contributed by atoms with E-state index in [1.807, 2.05) is 0 Å². The van der Waals surface area contributed by atoms with Gasteiger partial charge in [0.1, 0.15) is 12.2 Å². The second kappa shape index (κ2) is 6.89. The summed E-state index contributed by atoms with van der Waals surface area (Å²) in [7, 11) is 1.77. The van der Waals surface area contributed by atoms with E-state index in [1.54, 1.807) is 36.2 Å². The standard InChI is InChI=1S/C16H20N4O3/c1-20(16(22)12-4-2-11(9-21)3-5-12)8-14-13(6-7-23-14)15-17-10-18-19-15/h2-5,10,13-14,21H,6-9H2,1H3,(H,17,18,19)/t13-,14-/m1/s1. The zero-order chi connectivity index (χ0) is 16.2. The normalized spacial score (nSPS) is 20.6. The van der Waals surface area contributed by atoms with Gasteiger partial charge in [0, 0.05) is 31.7 Å². The zero-order valence-electron chi connectivity index (χ0n) is 13.0. The fourth-order valence-electron chi connectivity index (χ4n) is 2.86. The summed E-state index contributed by atoms with van der Waals surface area (Å²) in [5, 5.41) is 15.8. The molecular weight excluding hydrogens is 296 g/mol. The van der Waals surface area contributed by atoms with E-state index in [1.165, 1.54) is 6.33 Å². The average molecular weight is 316 g/mol. The molecule has 1 fully saturated rings. The lowest BCUT2D eigenvalue weighted by atomic mass is 10.00. The number of nitrogens with zero attached hydrogens (tertiary/aromatic N) is 3. The van der Waals surface area contributed by atoms with Crippen molar-refractivity contribution in [2.75, 3.05) is 20.2 Å². The molecule has 2 heterocycles. The number of aromatic amines is 1. The molecule has 1 aromatic heterocycles. The molecule has 1 amide bonds. The number of aliphatic hydroxyl groups excluding tert-OH is 1. The van der Waals surface area contributed by atoms with Gasteiger partial charge in [-0.3, -0.25) is 9.89 Å². The third-order valence-electron chi connectivity index (χ3n) is 4.18. The second-order valence-corrected chi connectivity index (χ2v) is 5.72. The smallest absolute Gasteiger partial charge is 0.253 e. The van der Waals surface area contributed by atoms with Crippen molar-refractivity contribution >= 4 is 5.91 Å². The maximum Gasteiger partial charge on any atom is 0.253 e. The van der Waals surface area contributed by atoms with Crippen LogP contribution in [0.1, 0.15) is 34.1 Å². The van der Waals surface area contributed by atoms with Crippen LogP contribution in [0.4, 0.5) is 0 Å². The molecule has 2 atom stereocenters. The van der Waals surface area contributed by atoms with Crippen LogP contribution in [0.2, 0.25) is 0 Å². The molecular formula is C16H20N4O3. The van der Waals surface area contributed by atoms with Crippen molar-refractivity contribution < 1.29 is 14.6 Å². The Kier molecular flexibility index (Phi) is 4.68. The first-order chi connectivity index (χ1) is 11.2. The Labute approximate surface area is 134 Å². The summed E-state index contributed by atoms with van der Waals surface area (Å²) in [6, 6.07) is 6.97. The fourth-order valence-corrected chi connectivity index (χ4v) is 2.86. The van der Waals surface area contributed by atoms with Gasteiger partial charge in [0.15, 0.2) is 0 Å². The number of nitrogens with one attached hydrogen (secondary N) is 1. The van der Waals surface area contributed by atoms with Crippen LogP contribution in [-0.2, 0) is 11.3 Å². The van der Waals surface area contributed by atoms with Crippen LogP contribution < -0.4 is 0 Å². The number of hydrogen-bond donors (Lipinski definition) is 2. The summed E-state index contributed by atoms with van der Waals surface area (Å²) in [6.45, 7) is 1.12. The molecule has 2 aromatic rings. The predicted molar refractivity (Wildman–Crippen MR) is 82.8 cm³/mol. The number of likely N-dealkylation sites (N-methyl/N-ethyl adjacent to an activating group) is 1. The molecule has 0 bridgehead atoms. The molecule has 2 N–H and O–H groups in total. The molecule has 3 rings (SSSR count). The Morgan fingerprint density at radius 3 is 2.87 bits per heavy atom. The molecule has 7 heteroatoms. The van der Waals surface area contributed by atoms with Crippen molar-refractivity contribution in [1.82, 2.24) is 20.1 Å². The van der Waals surface area contributed by atoms with Crippen molar-refractivity contribution in [3.8, 4) is 0 Å². The Morgan fingerprint density at radius 1 is 1.43 bits per heavy atom. The number of carbonyl (C=O) groups excluding carboxylic acids is 1. The van der Waals surface area contributed by atoms with Crippen LogP contribution in [-0.4, -0.2) is 57.4 Å². The highest BCUT2D eigenvalue weighted by molar-refractivity contribution is 5.94. The topological polar surface area (TPSA) is 91.3 Å². The first-order valence-corrected chi connectivity index (χ1v) is 7.61. The van der Waals surface area contributed by atoms with Gasteiger partial charge in [0.25, 0.3) is 5.91 Å². The largest absolute Gasteiger partial charge is 0.392 e. The highest BCUT2D eigenvalue weighted by atomic mass is 16.5. The highest BCUT2D eigenvalue weighted by Crippen LogP contribution is 2.29. The van der Waals surface area contributed by atoms with Crippen LogP contribution in [0, 0.1) is 0 Å². The first kappa shape index (κ1) is 15.6. The van der Waals surface area contributed by atoms with Gasteiger partial charge in [-0.05, 0) is 24.1 Å². The van der Waals surface area contributed by atoms with E-state index in [9.17, 15) is 4.79 Å². The molecule has 122 valence electrons. The Bertz CT molecular complexity index is 642. The van der Waals surface area contributed by atoms with Crippen molar-refractivity contribution in [3.05, 3.63) is 47.5 Å². The number of benzene rings is 1. The molecule has 0 aliphatic carbocycles. The number of aromatic nitrogens is 3. The third kappa shape index (κ3) is 3.40. The molecule has 0 saturated carbocycles. The van der Waals surface area contributed by atoms with E-state index in [0.717, 1.165) is 17.8 Å². The first-order valence-electron chi connectivity index (χ1n) is 7.61. The molecule has 1 saturated heterocycles. The number of H-pyrrole nitrogens is 1. The predicted octanol–water partition coefficient (Wildman–Crippen LogP) is 0.942. The number of rotatable bonds is 5. The molecule has 1 aliphatic heterocycles. The molecule has 1 aromatic carbocycles. The number of amides is 1. The van der Waals surface area contributed by atoms with Crippen LogP contribution in [0.25, 0.3) is 0 Å². The van der Waals surface area contributed by atoms with Gasteiger partial charge in [-0.25, -0.2) is 4.98 Å². The lowest BCUT2D eigenvalue weighted by Crippen LogP contribution is -2.36. The lowest BCUT2D eigenvalue weighted by Gasteiger charge is -2.24. The number of aliphatic hydroxyl groups is 1. The highest BCUT2D eigenvalue weighted by Gasteiger charge is 2.33. The molecule has 23 heavy (non-hydrogen) atoms. The van der Waals surface area contributed by atoms with Gasteiger partial charge in [-0.2, -0.15) is 5.10 Å². The van der Waals surface area contributed by atoms with Crippen LogP contribution in [0.15, 0.2) is 30.6 Å². The van der Waals surface area contributed by atoms with Crippen molar-refractivity contribution in [2.24, 2.45) is 0 Å². The molecule has 0 spiro atoms. The van der Waals surface area contributed by atoms with E-state index < -0.39 is 0 Å². The molecule has 1 aliphatic rings. The molecule has 7 nitrogen and oxygen atoms in total. The summed E-state index contributed by atoms with van der Waals surface area (Å²) in [6.07, 6.45) is 2.27. The summed E-state index contributed by atoms with van der Waals surface area (Å²) in [5.74, 6) is 0.867. The summed E-state index contributed by atoms with van der Waals surface area (Å²) in [5.41, 5.74) is 1.38. The monoisotopic (exact) mass is 316 g/mol. The van der Waals surface area contributed by atoms with E-state index >= 15 is 0 Å². The molecule has 0 radical (unpaired) electrons. The van der Waals surface area contributed by atoms with Crippen molar-refractivity contribution in [3.63, 3.8) is 0 Å². The van der Waals surface area contributed by atoms with E-state index in [-0.39, 0.29) is 24.5 Å². The summed E-state index contributed by atoms with van der Waals surface area (Å²) in [4.78, 5) is 18.4. The van der Waals surface area contributed by atoms with Gasteiger partial charge >= 0.3 is 0 Å². The van der Waals surface area contributed by atoms with Gasteiger partial charge in [-0.15, -0.1) is 0 Å². The average Bonchev–Trinajstić information content (AvgIpc) is 3.25. The van der Waals surface area contributed by atoms with E-state index in [2.05, 4.69) is 15.2 Å². The molecule has 0 unspecified atom stereocenters. The van der Waals surface area contributed by atoms with Crippen LogP contribution in [0.3, 0.4) is 0 Å². The maximum absolute atomic E-state index is 12.5. The van der Waals surface area contributed by atoms with Gasteiger partial charge in [-0.1, -0.05) is 12.1 Å². The van der Waals surface area contributed by atoms with Gasteiger partial charge in [0.05, 0.1) is 12.7 Å². The van der Waals surface area contributed by atoms with Crippen LogP contribution >= 0.6 is 0 Å². The van der Waals surface area contributed by atoms with Gasteiger partial charge < -0.3 is 14.7 Å². The van der Waals surface area contributed by atoms with Gasteiger partial charge in [0.2, 0.25) is 0 Å². The van der Waals surface area contributed by atoms with E-state index in [0.29, 0.717) is 18.7 Å². The number of hydrogen-bond acceptors (Lipinski definition) is 5. The number of carbonyl (C=O) groups is 1. The van der Waals surface area contributed by atoms with Crippen molar-refractivity contribution in [2.45, 2.75) is 25.0 Å². The Hall–Kier alpha value is -2.25. The number of ether oxygens (including phenoxy) is 1. The minimum atomic E-state index is -0.0892. The van der Waals surface area contributed by atoms with Crippen LogP contribution in [0.5, 0.6) is 0 Å². The third-order valence-corrected chi connectivity index (χ3v) is 4.18. The van der Waals surface area contributed by atoms with Crippen molar-refractivity contribution in [1.29, 1.82) is 0 Å². The van der Waals surface area contributed by atoms with E-state index in [4.69, 9.17) is 9.84 Å².